The van der Waals surface area contributed by atoms with Gasteiger partial charge in [-0.3, -0.25) is 38.6 Å². The maximum absolute atomic E-state index is 13.3. The van der Waals surface area contributed by atoms with Crippen LogP contribution in [-0.4, -0.2) is 145 Å². The van der Waals surface area contributed by atoms with Crippen molar-refractivity contribution in [3.63, 3.8) is 0 Å². The molecule has 0 atom stereocenters. The molecule has 15 nitrogen and oxygen atoms in total. The molecule has 3 heterocycles. The molecule has 79 heavy (non-hydrogen) atoms. The Kier molecular flexibility index (Phi) is 31.7. The van der Waals surface area contributed by atoms with E-state index in [4.69, 9.17) is 18.9 Å². The Balaban J connectivity index is 0.829. The van der Waals surface area contributed by atoms with Crippen LogP contribution >= 0.6 is 0 Å². The van der Waals surface area contributed by atoms with E-state index >= 15 is 0 Å². The second-order valence-corrected chi connectivity index (χ2v) is 22.8. The van der Waals surface area contributed by atoms with Crippen molar-refractivity contribution in [3.8, 4) is 11.5 Å². The van der Waals surface area contributed by atoms with E-state index in [-0.39, 0.29) is 60.4 Å². The van der Waals surface area contributed by atoms with Crippen molar-refractivity contribution in [2.45, 2.75) is 206 Å². The number of aromatic hydroxyl groups is 1. The number of phenolic OH excluding ortho intramolecular Hbond substituents is 1. The normalized spacial score (nSPS) is 15.8. The summed E-state index contributed by atoms with van der Waals surface area (Å²) in [5.41, 5.74) is 1.60. The number of piperazine rings is 1. The minimum atomic E-state index is -0.291. The molecule has 0 saturated carbocycles. The summed E-state index contributed by atoms with van der Waals surface area (Å²) in [4.78, 5) is 84.9. The number of benzene rings is 2. The van der Waals surface area contributed by atoms with Gasteiger partial charge in [0.1, 0.15) is 17.6 Å². The number of carbonyl (C=O) groups is 6. The van der Waals surface area contributed by atoms with Gasteiger partial charge in [-0.2, -0.15) is 0 Å². The van der Waals surface area contributed by atoms with Gasteiger partial charge in [-0.25, -0.2) is 0 Å². The summed E-state index contributed by atoms with van der Waals surface area (Å²) in [5, 5.41) is 9.43. The molecule has 0 aromatic heterocycles. The first-order valence-electron chi connectivity index (χ1n) is 31.0. The Morgan fingerprint density at radius 1 is 0.481 bits per heavy atom. The highest BCUT2D eigenvalue weighted by Crippen LogP contribution is 2.24. The predicted octanol–water partition coefficient (Wildman–Crippen LogP) is 11.2. The van der Waals surface area contributed by atoms with Crippen LogP contribution in [0.15, 0.2) is 48.5 Å². The topological polar surface area (TPSA) is 173 Å². The van der Waals surface area contributed by atoms with E-state index < -0.39 is 0 Å². The largest absolute Gasteiger partial charge is 0.508 e. The van der Waals surface area contributed by atoms with Gasteiger partial charge < -0.3 is 33.9 Å². The lowest BCUT2D eigenvalue weighted by atomic mass is 9.94. The van der Waals surface area contributed by atoms with E-state index in [1.807, 2.05) is 9.80 Å². The highest BCUT2D eigenvalue weighted by atomic mass is 16.5. The summed E-state index contributed by atoms with van der Waals surface area (Å²) in [6.45, 7) is 11.5. The fraction of sp³-hybridized carbons (Fsp3) is 0.719. The van der Waals surface area contributed by atoms with Gasteiger partial charge in [0, 0.05) is 39.0 Å². The number of unbranched alkanes of at least 4 members (excludes halogenated alkanes) is 14. The third-order valence-corrected chi connectivity index (χ3v) is 16.3. The van der Waals surface area contributed by atoms with Crippen LogP contribution in [-0.2, 0) is 55.8 Å². The first-order valence-corrected chi connectivity index (χ1v) is 31.0. The summed E-state index contributed by atoms with van der Waals surface area (Å²) in [7, 11) is 0. The number of hydrogen-bond acceptors (Lipinski definition) is 13. The second kappa shape index (κ2) is 38.6. The number of rotatable bonds is 38. The number of carbonyl (C=O) groups excluding carboxylic acids is 6. The van der Waals surface area contributed by atoms with Crippen LogP contribution in [0.5, 0.6) is 11.5 Å². The lowest BCUT2D eigenvalue weighted by molar-refractivity contribution is -0.150. The van der Waals surface area contributed by atoms with Crippen molar-refractivity contribution < 1.29 is 52.8 Å². The van der Waals surface area contributed by atoms with Gasteiger partial charge in [0.15, 0.2) is 0 Å². The Hall–Kier alpha value is -5.02. The molecule has 1 N–H and O–H groups in total. The molecule has 3 aliphatic heterocycles. The molecule has 3 aliphatic rings. The van der Waals surface area contributed by atoms with Crippen LogP contribution in [0.1, 0.15) is 198 Å². The van der Waals surface area contributed by atoms with Crippen LogP contribution in [0.25, 0.3) is 0 Å². The number of hydrogen-bond donors (Lipinski definition) is 1. The van der Waals surface area contributed by atoms with Crippen molar-refractivity contribution in [2.24, 2.45) is 11.8 Å². The molecule has 3 saturated heterocycles. The highest BCUT2D eigenvalue weighted by molar-refractivity contribution is 5.80. The van der Waals surface area contributed by atoms with Crippen LogP contribution < -0.4 is 4.74 Å². The van der Waals surface area contributed by atoms with Crippen molar-refractivity contribution in [2.75, 3.05) is 78.7 Å². The first kappa shape index (κ1) is 64.8. The van der Waals surface area contributed by atoms with Crippen molar-refractivity contribution in [1.82, 2.24) is 19.6 Å². The molecule has 0 spiro atoms. The maximum Gasteiger partial charge on any atom is 0.311 e. The van der Waals surface area contributed by atoms with Gasteiger partial charge in [0.2, 0.25) is 11.8 Å². The molecule has 15 heteroatoms. The molecule has 2 aromatic carbocycles. The molecule has 0 aliphatic carbocycles. The average Bonchev–Trinajstić information content (AvgIpc) is 3.45. The molecule has 442 valence electrons. The molecule has 0 unspecified atom stereocenters. The fourth-order valence-electron chi connectivity index (χ4n) is 11.1. The summed E-state index contributed by atoms with van der Waals surface area (Å²) in [6.07, 6.45) is 27.8. The summed E-state index contributed by atoms with van der Waals surface area (Å²) >= 11 is 0. The number of ether oxygens (including phenoxy) is 4. The van der Waals surface area contributed by atoms with E-state index in [9.17, 15) is 33.9 Å². The lowest BCUT2D eigenvalue weighted by Crippen LogP contribution is -2.54. The average molecular weight is 1100 g/mol. The first-order chi connectivity index (χ1) is 38.5. The highest BCUT2D eigenvalue weighted by Gasteiger charge is 2.29. The smallest absolute Gasteiger partial charge is 0.311 e. The summed E-state index contributed by atoms with van der Waals surface area (Å²) in [6, 6.07) is 13.6. The summed E-state index contributed by atoms with van der Waals surface area (Å²) < 4.78 is 22.6. The van der Waals surface area contributed by atoms with Crippen molar-refractivity contribution in [3.05, 3.63) is 59.7 Å². The zero-order chi connectivity index (χ0) is 56.3. The van der Waals surface area contributed by atoms with Gasteiger partial charge >= 0.3 is 23.9 Å². The van der Waals surface area contributed by atoms with Gasteiger partial charge in [-0.1, -0.05) is 122 Å². The lowest BCUT2D eigenvalue weighted by Gasteiger charge is -2.38. The van der Waals surface area contributed by atoms with E-state index in [1.54, 1.807) is 48.5 Å². The quantitative estimate of drug-likeness (QED) is 0.0292. The third kappa shape index (κ3) is 27.8. The van der Waals surface area contributed by atoms with Gasteiger partial charge in [0.25, 0.3) is 0 Å². The Morgan fingerprint density at radius 3 is 1.32 bits per heavy atom. The standard InChI is InChI=1S/C64H100N4O11/c1-3-5-7-9-12-16-20-57(21-17-13-10-8-6-4-2)78-61(72)22-18-14-11-15-19-23-62(73)79-58-30-26-55(27-31-58)49-64(75)77-47-37-53-34-40-66(41-35-53)51-60(71)68-44-42-67(43-45-68)59(70)50-65-38-32-52(33-39-65)36-46-76-63(74)48-54-24-28-56(69)29-25-54/h24-31,52-53,57,69H,3-23,32-51H2,1-2H3. The third-order valence-electron chi connectivity index (χ3n) is 16.3. The molecular formula is C64H100N4O11. The van der Waals surface area contributed by atoms with Gasteiger partial charge in [-0.15, -0.1) is 0 Å². The van der Waals surface area contributed by atoms with E-state index in [2.05, 4.69) is 23.6 Å². The molecule has 2 aromatic rings. The van der Waals surface area contributed by atoms with E-state index in [0.717, 1.165) is 134 Å². The summed E-state index contributed by atoms with van der Waals surface area (Å²) in [5.74, 6) is 0.811. The Labute approximate surface area is 474 Å². The van der Waals surface area contributed by atoms with Gasteiger partial charge in [0.05, 0.1) is 39.1 Å². The number of piperidine rings is 2. The zero-order valence-electron chi connectivity index (χ0n) is 48.7. The number of phenols is 1. The van der Waals surface area contributed by atoms with Crippen molar-refractivity contribution in [1.29, 1.82) is 0 Å². The Morgan fingerprint density at radius 2 is 0.873 bits per heavy atom. The van der Waals surface area contributed by atoms with E-state index in [1.165, 1.54) is 64.2 Å². The predicted molar refractivity (Wildman–Crippen MR) is 308 cm³/mol. The SMILES string of the molecule is CCCCCCCCC(CCCCCCCC)OC(=O)CCCCCCCC(=O)Oc1ccc(CC(=O)OCCC2CCN(CC(=O)N3CCN(C(=O)CN4CCC(CCOC(=O)Cc5ccc(O)cc5)CC4)CC3)CC2)cc1. The zero-order valence-corrected chi connectivity index (χ0v) is 48.7. The second-order valence-electron chi connectivity index (χ2n) is 22.8. The Bertz CT molecular complexity index is 2030. The van der Waals surface area contributed by atoms with Crippen LogP contribution in [0.4, 0.5) is 0 Å². The van der Waals surface area contributed by atoms with Crippen molar-refractivity contribution >= 4 is 35.7 Å². The minimum absolute atomic E-state index is 0.0513. The molecule has 0 radical (unpaired) electrons. The van der Waals surface area contributed by atoms with Gasteiger partial charge in [-0.05, 0) is 150 Å². The molecule has 2 amide bonds. The minimum Gasteiger partial charge on any atom is -0.508 e. The number of likely N-dealkylation sites (tertiary alicyclic amines) is 2. The molecule has 0 bridgehead atoms. The van der Waals surface area contributed by atoms with Crippen LogP contribution in [0.3, 0.4) is 0 Å². The number of esters is 4. The van der Waals surface area contributed by atoms with Crippen LogP contribution in [0, 0.1) is 11.8 Å². The monoisotopic (exact) mass is 1100 g/mol. The number of nitrogens with zero attached hydrogens (tertiary/aromatic N) is 4. The van der Waals surface area contributed by atoms with E-state index in [0.29, 0.717) is 82.9 Å². The number of amides is 2. The molecule has 3 fully saturated rings. The fourth-order valence-corrected chi connectivity index (χ4v) is 11.1. The maximum atomic E-state index is 13.3. The molecule has 5 rings (SSSR count). The molecular weight excluding hydrogens is 1000 g/mol. The van der Waals surface area contributed by atoms with Crippen LogP contribution in [0.2, 0.25) is 0 Å².